The van der Waals surface area contributed by atoms with Gasteiger partial charge in [-0.05, 0) is 32.5 Å². The third-order valence-electron chi connectivity index (χ3n) is 4.29. The van der Waals surface area contributed by atoms with E-state index in [-0.39, 0.29) is 24.0 Å². The third-order valence-corrected chi connectivity index (χ3v) is 4.29. The average Bonchev–Trinajstić information content (AvgIpc) is 2.64. The Morgan fingerprint density at radius 3 is 2.46 bits per heavy atom. The van der Waals surface area contributed by atoms with Crippen LogP contribution < -0.4 is 15.5 Å². The molecule has 0 aliphatic carbocycles. The van der Waals surface area contributed by atoms with Gasteiger partial charge in [0.15, 0.2) is 5.96 Å². The minimum absolute atomic E-state index is 0. The van der Waals surface area contributed by atoms with Crippen molar-refractivity contribution in [1.29, 1.82) is 0 Å². The minimum atomic E-state index is 0. The van der Waals surface area contributed by atoms with Crippen molar-refractivity contribution in [2.24, 2.45) is 4.99 Å². The van der Waals surface area contributed by atoms with E-state index in [1.54, 1.807) is 7.11 Å². The number of rotatable bonds is 11. The Morgan fingerprint density at radius 1 is 1.15 bits per heavy atom. The molecule has 7 heteroatoms. The van der Waals surface area contributed by atoms with E-state index in [1.165, 1.54) is 5.69 Å². The lowest BCUT2D eigenvalue weighted by atomic mass is 10.2. The lowest BCUT2D eigenvalue weighted by Gasteiger charge is -2.28. The number of nitrogens with one attached hydrogen (secondary N) is 2. The molecular weight excluding hydrogens is 441 g/mol. The fourth-order valence-corrected chi connectivity index (χ4v) is 2.48. The van der Waals surface area contributed by atoms with Crippen molar-refractivity contribution in [2.45, 2.75) is 19.4 Å². The molecule has 0 heterocycles. The molecule has 0 bridgehead atoms. The molecule has 0 saturated heterocycles. The summed E-state index contributed by atoms with van der Waals surface area (Å²) in [4.78, 5) is 8.87. The van der Waals surface area contributed by atoms with Crippen LogP contribution in [-0.4, -0.2) is 77.9 Å². The molecule has 2 N–H and O–H groups in total. The van der Waals surface area contributed by atoms with Crippen LogP contribution in [-0.2, 0) is 4.74 Å². The van der Waals surface area contributed by atoms with Crippen LogP contribution in [0.1, 0.15) is 13.3 Å². The van der Waals surface area contributed by atoms with Gasteiger partial charge in [-0.2, -0.15) is 0 Å². The fraction of sp³-hybridized carbons (Fsp3) is 0.632. The van der Waals surface area contributed by atoms with Gasteiger partial charge in [-0.1, -0.05) is 18.2 Å². The summed E-state index contributed by atoms with van der Waals surface area (Å²) in [5.41, 5.74) is 1.22. The van der Waals surface area contributed by atoms with E-state index < -0.39 is 0 Å². The third kappa shape index (κ3) is 10.2. The number of benzene rings is 1. The first kappa shape index (κ1) is 24.9. The molecule has 1 rings (SSSR count). The van der Waals surface area contributed by atoms with Crippen molar-refractivity contribution in [1.82, 2.24) is 15.5 Å². The molecule has 1 aromatic rings. The van der Waals surface area contributed by atoms with Gasteiger partial charge >= 0.3 is 0 Å². The normalized spacial score (nSPS) is 12.5. The maximum atomic E-state index is 5.08. The van der Waals surface area contributed by atoms with Gasteiger partial charge in [0, 0.05) is 65.7 Å². The molecule has 6 nitrogen and oxygen atoms in total. The van der Waals surface area contributed by atoms with Crippen molar-refractivity contribution in [3.8, 4) is 0 Å². The van der Waals surface area contributed by atoms with E-state index in [1.807, 2.05) is 13.1 Å². The van der Waals surface area contributed by atoms with E-state index in [0.717, 1.165) is 45.2 Å². The molecule has 1 atom stereocenters. The summed E-state index contributed by atoms with van der Waals surface area (Å²) in [6.07, 6.45) is 1.06. The second-order valence-corrected chi connectivity index (χ2v) is 6.32. The van der Waals surface area contributed by atoms with E-state index in [2.05, 4.69) is 70.7 Å². The van der Waals surface area contributed by atoms with Crippen LogP contribution in [0, 0.1) is 0 Å². The first-order valence-corrected chi connectivity index (χ1v) is 8.98. The molecule has 150 valence electrons. The van der Waals surface area contributed by atoms with Crippen molar-refractivity contribution in [3.63, 3.8) is 0 Å². The predicted molar refractivity (Wildman–Crippen MR) is 123 cm³/mol. The first-order valence-electron chi connectivity index (χ1n) is 8.98. The SMILES string of the molecule is CN=C(NCCN(C)CCCOC)NCC(C)N(C)c1ccccc1.I. The largest absolute Gasteiger partial charge is 0.385 e. The van der Waals surface area contributed by atoms with Crippen LogP contribution in [0.15, 0.2) is 35.3 Å². The molecule has 26 heavy (non-hydrogen) atoms. The fourth-order valence-electron chi connectivity index (χ4n) is 2.48. The molecule has 0 amide bonds. The number of guanidine groups is 1. The summed E-state index contributed by atoms with van der Waals surface area (Å²) in [7, 11) is 7.80. The predicted octanol–water partition coefficient (Wildman–Crippen LogP) is 2.26. The topological polar surface area (TPSA) is 52.1 Å². The lowest BCUT2D eigenvalue weighted by molar-refractivity contribution is 0.180. The summed E-state index contributed by atoms with van der Waals surface area (Å²) >= 11 is 0. The second-order valence-electron chi connectivity index (χ2n) is 6.32. The Bertz CT molecular complexity index is 486. The number of likely N-dealkylation sites (N-methyl/N-ethyl adjacent to an activating group) is 2. The molecule has 0 spiro atoms. The summed E-state index contributed by atoms with van der Waals surface area (Å²) in [5, 5.41) is 6.78. The molecule has 0 fully saturated rings. The first-order chi connectivity index (χ1) is 12.1. The Morgan fingerprint density at radius 2 is 1.85 bits per heavy atom. The molecule has 0 aliphatic rings. The van der Waals surface area contributed by atoms with Gasteiger partial charge in [-0.15, -0.1) is 24.0 Å². The summed E-state index contributed by atoms with van der Waals surface area (Å²) in [6.45, 7) is 6.73. The van der Waals surface area contributed by atoms with Crippen LogP contribution in [0.25, 0.3) is 0 Å². The zero-order valence-electron chi connectivity index (χ0n) is 16.9. The van der Waals surface area contributed by atoms with Gasteiger partial charge in [0.1, 0.15) is 0 Å². The van der Waals surface area contributed by atoms with Crippen LogP contribution in [0.2, 0.25) is 0 Å². The van der Waals surface area contributed by atoms with E-state index >= 15 is 0 Å². The van der Waals surface area contributed by atoms with Crippen LogP contribution in [0.5, 0.6) is 0 Å². The van der Waals surface area contributed by atoms with E-state index in [9.17, 15) is 0 Å². The second kappa shape index (κ2) is 15.0. The highest BCUT2D eigenvalue weighted by atomic mass is 127. The highest BCUT2D eigenvalue weighted by molar-refractivity contribution is 14.0. The number of halogens is 1. The van der Waals surface area contributed by atoms with Crippen LogP contribution >= 0.6 is 24.0 Å². The number of hydrogen-bond acceptors (Lipinski definition) is 4. The average molecular weight is 477 g/mol. The summed E-state index contributed by atoms with van der Waals surface area (Å²) in [6, 6.07) is 10.8. The molecular formula is C19H36IN5O. The van der Waals surface area contributed by atoms with Gasteiger partial charge in [0.2, 0.25) is 0 Å². The van der Waals surface area contributed by atoms with Crippen molar-refractivity contribution in [3.05, 3.63) is 30.3 Å². The molecule has 0 radical (unpaired) electrons. The highest BCUT2D eigenvalue weighted by Crippen LogP contribution is 2.13. The Hall–Kier alpha value is -1.06. The number of methoxy groups -OCH3 is 1. The number of ether oxygens (including phenoxy) is 1. The monoisotopic (exact) mass is 477 g/mol. The van der Waals surface area contributed by atoms with Crippen LogP contribution in [0.3, 0.4) is 0 Å². The van der Waals surface area contributed by atoms with E-state index in [4.69, 9.17) is 4.74 Å². The molecule has 1 unspecified atom stereocenters. The number of aliphatic imine (C=N–C) groups is 1. The molecule has 0 aromatic heterocycles. The Balaban J connectivity index is 0.00000625. The van der Waals surface area contributed by atoms with Crippen molar-refractivity contribution >= 4 is 35.6 Å². The number of hydrogen-bond donors (Lipinski definition) is 2. The molecule has 0 aliphatic heterocycles. The Kier molecular flexibility index (Phi) is 14.4. The van der Waals surface area contributed by atoms with Gasteiger partial charge in [-0.3, -0.25) is 4.99 Å². The van der Waals surface area contributed by atoms with Crippen molar-refractivity contribution in [2.75, 3.05) is 65.9 Å². The number of nitrogens with zero attached hydrogens (tertiary/aromatic N) is 3. The van der Waals surface area contributed by atoms with Gasteiger partial charge in [0.05, 0.1) is 0 Å². The Labute approximate surface area is 176 Å². The summed E-state index contributed by atoms with van der Waals surface area (Å²) in [5.74, 6) is 0.846. The van der Waals surface area contributed by atoms with E-state index in [0.29, 0.717) is 6.04 Å². The van der Waals surface area contributed by atoms with Gasteiger partial charge < -0.3 is 25.2 Å². The molecule has 0 saturated carbocycles. The minimum Gasteiger partial charge on any atom is -0.385 e. The highest BCUT2D eigenvalue weighted by Gasteiger charge is 2.10. The zero-order valence-corrected chi connectivity index (χ0v) is 19.2. The maximum absolute atomic E-state index is 5.08. The smallest absolute Gasteiger partial charge is 0.191 e. The number of para-hydroxylation sites is 1. The quantitative estimate of drug-likeness (QED) is 0.222. The van der Waals surface area contributed by atoms with Crippen LogP contribution in [0.4, 0.5) is 5.69 Å². The maximum Gasteiger partial charge on any atom is 0.191 e. The lowest BCUT2D eigenvalue weighted by Crippen LogP contribution is -2.46. The zero-order chi connectivity index (χ0) is 18.5. The number of anilines is 1. The standard InChI is InChI=1S/C19H35N5O.HI/c1-17(24(4)18-10-7-6-8-11-18)16-22-19(20-2)21-12-14-23(3)13-9-15-25-5;/h6-8,10-11,17H,9,12-16H2,1-5H3,(H2,20,21,22);1H. The summed E-state index contributed by atoms with van der Waals surface area (Å²) < 4.78 is 5.08. The van der Waals surface area contributed by atoms with Gasteiger partial charge in [-0.25, -0.2) is 0 Å². The van der Waals surface area contributed by atoms with Crippen molar-refractivity contribution < 1.29 is 4.74 Å². The molecule has 1 aromatic carbocycles. The van der Waals surface area contributed by atoms with Gasteiger partial charge in [0.25, 0.3) is 0 Å².